The topological polar surface area (TPSA) is 65.6 Å². The van der Waals surface area contributed by atoms with Gasteiger partial charge in [0, 0.05) is 37.0 Å². The first-order valence-electron chi connectivity index (χ1n) is 9.79. The van der Waals surface area contributed by atoms with E-state index in [2.05, 4.69) is 4.98 Å². The summed E-state index contributed by atoms with van der Waals surface area (Å²) in [6, 6.07) is 3.30. The summed E-state index contributed by atoms with van der Waals surface area (Å²) in [6.45, 7) is 7.73. The Morgan fingerprint density at radius 2 is 1.80 bits per heavy atom. The lowest BCUT2D eigenvalue weighted by Gasteiger charge is -2.25. The molecule has 6 nitrogen and oxygen atoms in total. The van der Waals surface area contributed by atoms with Crippen molar-refractivity contribution in [2.75, 3.05) is 27.2 Å². The molecule has 0 saturated carbocycles. The number of carbonyl (C=O) groups is 2. The van der Waals surface area contributed by atoms with E-state index in [1.54, 1.807) is 27.7 Å². The number of halogens is 2. The molecule has 0 aliphatic carbocycles. The Labute approximate surface area is 175 Å². The molecule has 0 unspecified atom stereocenters. The maximum Gasteiger partial charge on any atom is 0.340 e. The number of aromatic nitrogens is 1. The average molecular weight is 421 g/mol. The van der Waals surface area contributed by atoms with Crippen molar-refractivity contribution < 1.29 is 23.1 Å². The van der Waals surface area contributed by atoms with Crippen LogP contribution in [0.4, 0.5) is 8.78 Å². The fraction of sp³-hybridized carbons (Fsp3) is 0.455. The van der Waals surface area contributed by atoms with Crippen molar-refractivity contribution in [2.24, 2.45) is 0 Å². The van der Waals surface area contributed by atoms with E-state index in [-0.39, 0.29) is 29.8 Å². The van der Waals surface area contributed by atoms with Gasteiger partial charge in [0.2, 0.25) is 0 Å². The van der Waals surface area contributed by atoms with Gasteiger partial charge in [0.25, 0.3) is 5.91 Å². The Balaban J connectivity index is 2.37. The fourth-order valence-electron chi connectivity index (χ4n) is 3.13. The first-order valence-corrected chi connectivity index (χ1v) is 9.79. The molecule has 0 bridgehead atoms. The molecule has 1 aromatic carbocycles. The average Bonchev–Trinajstić information content (AvgIpc) is 2.93. The van der Waals surface area contributed by atoms with Gasteiger partial charge in [-0.05, 0) is 53.4 Å². The van der Waals surface area contributed by atoms with Crippen LogP contribution in [-0.2, 0) is 11.3 Å². The van der Waals surface area contributed by atoms with E-state index in [9.17, 15) is 18.4 Å². The molecular weight excluding hydrogens is 392 g/mol. The summed E-state index contributed by atoms with van der Waals surface area (Å²) < 4.78 is 32.7. The summed E-state index contributed by atoms with van der Waals surface area (Å²) in [5.41, 5.74) is 1.81. The highest BCUT2D eigenvalue weighted by atomic mass is 19.1. The quantitative estimate of drug-likeness (QED) is 0.661. The molecule has 2 aromatic rings. The number of H-pyrrole nitrogens is 1. The molecule has 8 heteroatoms. The molecule has 164 valence electrons. The molecule has 1 amide bonds. The molecule has 1 heterocycles. The van der Waals surface area contributed by atoms with Crippen LogP contribution in [0.3, 0.4) is 0 Å². The smallest absolute Gasteiger partial charge is 0.340 e. The van der Waals surface area contributed by atoms with Crippen molar-refractivity contribution in [2.45, 2.75) is 40.3 Å². The third-order valence-electron chi connectivity index (χ3n) is 4.68. The van der Waals surface area contributed by atoms with Crippen molar-refractivity contribution in [3.63, 3.8) is 0 Å². The Bertz CT molecular complexity index is 923. The van der Waals surface area contributed by atoms with Crippen LogP contribution in [0.2, 0.25) is 0 Å². The van der Waals surface area contributed by atoms with Crippen molar-refractivity contribution in [3.05, 3.63) is 57.9 Å². The summed E-state index contributed by atoms with van der Waals surface area (Å²) in [5.74, 6) is -2.26. The van der Waals surface area contributed by atoms with Crippen LogP contribution in [0.5, 0.6) is 0 Å². The van der Waals surface area contributed by atoms with Gasteiger partial charge in [-0.2, -0.15) is 0 Å². The molecule has 0 aliphatic heterocycles. The zero-order valence-electron chi connectivity index (χ0n) is 18.3. The number of aromatic amines is 1. The molecule has 1 aromatic heterocycles. The van der Waals surface area contributed by atoms with E-state index in [0.29, 0.717) is 29.9 Å². The number of rotatable bonds is 8. The second-order valence-electron chi connectivity index (χ2n) is 7.84. The predicted molar refractivity (Wildman–Crippen MR) is 110 cm³/mol. The molecule has 0 atom stereocenters. The minimum Gasteiger partial charge on any atom is -0.459 e. The molecule has 0 spiro atoms. The van der Waals surface area contributed by atoms with Crippen LogP contribution in [0.25, 0.3) is 0 Å². The first kappa shape index (κ1) is 23.5. The Morgan fingerprint density at radius 1 is 1.13 bits per heavy atom. The molecule has 1 N–H and O–H groups in total. The largest absolute Gasteiger partial charge is 0.459 e. The number of aryl methyl sites for hydroxylation is 1. The number of nitrogens with zero attached hydrogens (tertiary/aromatic N) is 2. The maximum atomic E-state index is 14.2. The highest BCUT2D eigenvalue weighted by Gasteiger charge is 2.27. The number of benzene rings is 1. The number of ether oxygens (including phenoxy) is 1. The van der Waals surface area contributed by atoms with Gasteiger partial charge in [0.1, 0.15) is 17.3 Å². The fourth-order valence-corrected chi connectivity index (χ4v) is 3.13. The normalized spacial score (nSPS) is 11.3. The molecule has 0 saturated heterocycles. The van der Waals surface area contributed by atoms with E-state index in [1.165, 1.54) is 11.0 Å². The Hall–Kier alpha value is -2.74. The Kier molecular flexibility index (Phi) is 7.72. The SMILES string of the molecule is Cc1[nH]c(C(=O)N(CCN(C)C)Cc2ccc(F)cc2F)c(C)c1C(=O)OC(C)C. The van der Waals surface area contributed by atoms with Crippen molar-refractivity contribution in [3.8, 4) is 0 Å². The second kappa shape index (κ2) is 9.84. The lowest BCUT2D eigenvalue weighted by molar-refractivity contribution is 0.0376. The number of esters is 1. The van der Waals surface area contributed by atoms with Crippen molar-refractivity contribution in [1.29, 1.82) is 0 Å². The first-order chi connectivity index (χ1) is 14.0. The van der Waals surface area contributed by atoms with Crippen LogP contribution < -0.4 is 0 Å². The van der Waals surface area contributed by atoms with Gasteiger partial charge in [-0.25, -0.2) is 13.6 Å². The molecule has 30 heavy (non-hydrogen) atoms. The summed E-state index contributed by atoms with van der Waals surface area (Å²) in [5, 5.41) is 0. The molecule has 0 aliphatic rings. The van der Waals surface area contributed by atoms with Crippen LogP contribution in [0.15, 0.2) is 18.2 Å². The summed E-state index contributed by atoms with van der Waals surface area (Å²) in [6.07, 6.45) is -0.289. The van der Waals surface area contributed by atoms with Crippen LogP contribution in [-0.4, -0.2) is 59.9 Å². The molecule has 2 rings (SSSR count). The number of nitrogens with one attached hydrogen (secondary N) is 1. The van der Waals surface area contributed by atoms with E-state index in [0.717, 1.165) is 12.1 Å². The minimum absolute atomic E-state index is 0.0257. The van der Waals surface area contributed by atoms with Gasteiger partial charge < -0.3 is 19.5 Å². The van der Waals surface area contributed by atoms with Gasteiger partial charge in [0.05, 0.1) is 11.7 Å². The van der Waals surface area contributed by atoms with Gasteiger partial charge in [-0.15, -0.1) is 0 Å². The zero-order valence-corrected chi connectivity index (χ0v) is 18.3. The number of hydrogen-bond donors (Lipinski definition) is 1. The molecule has 0 fully saturated rings. The van der Waals surface area contributed by atoms with Crippen LogP contribution >= 0.6 is 0 Å². The highest BCUT2D eigenvalue weighted by Crippen LogP contribution is 2.22. The zero-order chi connectivity index (χ0) is 22.6. The van der Waals surface area contributed by atoms with Crippen molar-refractivity contribution in [1.82, 2.24) is 14.8 Å². The highest BCUT2D eigenvalue weighted by molar-refractivity contribution is 6.00. The number of likely N-dealkylation sites (N-methyl/N-ethyl adjacent to an activating group) is 1. The van der Waals surface area contributed by atoms with E-state index in [4.69, 9.17) is 4.74 Å². The minimum atomic E-state index is -0.710. The number of amides is 1. The predicted octanol–water partition coefficient (Wildman–Crippen LogP) is 3.68. The maximum absolute atomic E-state index is 14.2. The molecule has 0 radical (unpaired) electrons. The van der Waals surface area contributed by atoms with Gasteiger partial charge in [-0.3, -0.25) is 4.79 Å². The van der Waals surface area contributed by atoms with Gasteiger partial charge in [-0.1, -0.05) is 6.07 Å². The standard InChI is InChI=1S/C22H29F2N3O3/c1-13(2)30-22(29)19-14(3)20(25-15(19)4)21(28)27(10-9-26(5)6)12-16-7-8-17(23)11-18(16)24/h7-8,11,13,25H,9-10,12H2,1-6H3. The monoisotopic (exact) mass is 421 g/mol. The van der Waals surface area contributed by atoms with E-state index < -0.39 is 17.6 Å². The van der Waals surface area contributed by atoms with Crippen LogP contribution in [0, 0.1) is 25.5 Å². The van der Waals surface area contributed by atoms with Crippen LogP contribution in [0.1, 0.15) is 51.5 Å². The van der Waals surface area contributed by atoms with Crippen molar-refractivity contribution >= 4 is 11.9 Å². The summed E-state index contributed by atoms with van der Waals surface area (Å²) in [7, 11) is 3.73. The lowest BCUT2D eigenvalue weighted by Crippen LogP contribution is -2.37. The second-order valence-corrected chi connectivity index (χ2v) is 7.84. The number of hydrogen-bond acceptors (Lipinski definition) is 4. The third-order valence-corrected chi connectivity index (χ3v) is 4.68. The summed E-state index contributed by atoms with van der Waals surface area (Å²) in [4.78, 5) is 32.1. The van der Waals surface area contributed by atoms with E-state index in [1.807, 2.05) is 19.0 Å². The summed E-state index contributed by atoms with van der Waals surface area (Å²) >= 11 is 0. The lowest BCUT2D eigenvalue weighted by atomic mass is 10.1. The van der Waals surface area contributed by atoms with Gasteiger partial charge in [0.15, 0.2) is 0 Å². The third kappa shape index (κ3) is 5.66. The van der Waals surface area contributed by atoms with Gasteiger partial charge >= 0.3 is 5.97 Å². The van der Waals surface area contributed by atoms with E-state index >= 15 is 0 Å². The Morgan fingerprint density at radius 3 is 2.37 bits per heavy atom. The molecular formula is C22H29F2N3O3. The number of carbonyl (C=O) groups excluding carboxylic acids is 2.